The van der Waals surface area contributed by atoms with E-state index in [4.69, 9.17) is 26.8 Å². The topological polar surface area (TPSA) is 46.4 Å². The minimum absolute atomic E-state index is 0.246. The Morgan fingerprint density at radius 2 is 2.05 bits per heavy atom. The Bertz CT molecular complexity index is 502. The van der Waals surface area contributed by atoms with Crippen molar-refractivity contribution in [3.8, 4) is 11.5 Å². The first kappa shape index (κ1) is 17.0. The van der Waals surface area contributed by atoms with Gasteiger partial charge in [-0.05, 0) is 25.1 Å². The summed E-state index contributed by atoms with van der Waals surface area (Å²) >= 11 is 5.63. The zero-order valence-corrected chi connectivity index (χ0v) is 14.1. The van der Waals surface area contributed by atoms with Gasteiger partial charge in [-0.2, -0.15) is 0 Å². The molecule has 6 heteroatoms. The molecule has 0 amide bonds. The monoisotopic (exact) mass is 325 g/mol. The van der Waals surface area contributed by atoms with Crippen LogP contribution in [-0.2, 0) is 0 Å². The van der Waals surface area contributed by atoms with Gasteiger partial charge in [-0.15, -0.1) is 0 Å². The minimum Gasteiger partial charge on any atom is -0.493 e. The van der Waals surface area contributed by atoms with Gasteiger partial charge in [0.15, 0.2) is 11.5 Å². The number of nitrogens with one attached hydrogen (secondary N) is 1. The highest BCUT2D eigenvalue weighted by atomic mass is 32.1. The molecule has 0 unspecified atom stereocenters. The van der Waals surface area contributed by atoms with Crippen molar-refractivity contribution in [3.05, 3.63) is 23.8 Å². The zero-order valence-electron chi connectivity index (χ0n) is 13.3. The molecule has 22 heavy (non-hydrogen) atoms. The lowest BCUT2D eigenvalue weighted by atomic mass is 10.1. The Morgan fingerprint density at radius 3 is 2.64 bits per heavy atom. The number of ether oxygens (including phenoxy) is 2. The highest BCUT2D eigenvalue weighted by molar-refractivity contribution is 7.80. The van der Waals surface area contributed by atoms with Crippen LogP contribution in [0.15, 0.2) is 18.2 Å². The molecule has 122 valence electrons. The number of aliphatic hydroxyl groups excluding tert-OH is 1. The van der Waals surface area contributed by atoms with E-state index in [0.717, 1.165) is 49.0 Å². The van der Waals surface area contributed by atoms with Crippen LogP contribution >= 0.6 is 12.2 Å². The van der Waals surface area contributed by atoms with E-state index in [2.05, 4.69) is 4.90 Å². The number of quaternary nitrogens is 1. The predicted molar refractivity (Wildman–Crippen MR) is 90.1 cm³/mol. The van der Waals surface area contributed by atoms with Crippen LogP contribution < -0.4 is 14.4 Å². The Labute approximate surface area is 137 Å². The molecule has 0 radical (unpaired) electrons. The summed E-state index contributed by atoms with van der Waals surface area (Å²) in [5.41, 5.74) is 0.987. The van der Waals surface area contributed by atoms with Crippen LogP contribution in [0, 0.1) is 0 Å². The number of methoxy groups -OCH3 is 1. The molecule has 1 aromatic carbocycles. The second-order valence-electron chi connectivity index (χ2n) is 5.31. The van der Waals surface area contributed by atoms with Crippen LogP contribution in [0.1, 0.15) is 12.5 Å². The number of benzene rings is 1. The molecular weight excluding hydrogens is 300 g/mol. The summed E-state index contributed by atoms with van der Waals surface area (Å²) in [7, 11) is 1.64. The smallest absolute Gasteiger partial charge is 0.161 e. The van der Waals surface area contributed by atoms with Gasteiger partial charge in [0.25, 0.3) is 0 Å². The first-order valence-electron chi connectivity index (χ1n) is 7.74. The Morgan fingerprint density at radius 1 is 1.32 bits per heavy atom. The molecule has 1 aliphatic rings. The fourth-order valence-corrected chi connectivity index (χ4v) is 3.00. The number of hydrogen-bond donors (Lipinski definition) is 2. The lowest BCUT2D eigenvalue weighted by Crippen LogP contribution is -3.15. The molecule has 1 aromatic rings. The van der Waals surface area contributed by atoms with E-state index in [9.17, 15) is 0 Å². The van der Waals surface area contributed by atoms with Gasteiger partial charge in [0, 0.05) is 5.56 Å². The van der Waals surface area contributed by atoms with Crippen LogP contribution in [0.4, 0.5) is 0 Å². The van der Waals surface area contributed by atoms with E-state index < -0.39 is 0 Å². The third-order valence-electron chi connectivity index (χ3n) is 3.93. The minimum atomic E-state index is 0.246. The molecule has 2 N–H and O–H groups in total. The van der Waals surface area contributed by atoms with Crippen molar-refractivity contribution in [2.24, 2.45) is 0 Å². The molecule has 0 saturated carbocycles. The summed E-state index contributed by atoms with van der Waals surface area (Å²) in [6.07, 6.45) is 0. The highest BCUT2D eigenvalue weighted by Crippen LogP contribution is 2.28. The molecule has 1 fully saturated rings. The first-order valence-corrected chi connectivity index (χ1v) is 8.15. The van der Waals surface area contributed by atoms with Crippen molar-refractivity contribution in [3.63, 3.8) is 0 Å². The second kappa shape index (κ2) is 8.31. The first-order chi connectivity index (χ1) is 10.7. The Hall–Kier alpha value is -1.37. The lowest BCUT2D eigenvalue weighted by Gasteiger charge is -2.33. The SMILES string of the molecule is CCOc1ccc(C(=S)N2CC[NH+](CCO)CC2)cc1OC. The normalized spacial score (nSPS) is 15.7. The number of thiocarbonyl (C=S) groups is 1. The maximum absolute atomic E-state index is 9.01. The van der Waals surface area contributed by atoms with Gasteiger partial charge >= 0.3 is 0 Å². The number of piperazine rings is 1. The van der Waals surface area contributed by atoms with Crippen LogP contribution in [0.2, 0.25) is 0 Å². The van der Waals surface area contributed by atoms with Crippen molar-refractivity contribution in [2.75, 3.05) is 53.0 Å². The van der Waals surface area contributed by atoms with Gasteiger partial charge in [0.1, 0.15) is 11.5 Å². The van der Waals surface area contributed by atoms with Crippen molar-refractivity contribution in [1.82, 2.24) is 4.90 Å². The van der Waals surface area contributed by atoms with Gasteiger partial charge in [-0.1, -0.05) is 12.2 Å². The molecule has 1 heterocycles. The zero-order chi connectivity index (χ0) is 15.9. The third-order valence-corrected chi connectivity index (χ3v) is 4.43. The molecule has 1 aliphatic heterocycles. The summed E-state index contributed by atoms with van der Waals surface area (Å²) in [6.45, 7) is 7.48. The lowest BCUT2D eigenvalue weighted by molar-refractivity contribution is -0.904. The van der Waals surface area contributed by atoms with E-state index in [-0.39, 0.29) is 6.61 Å². The van der Waals surface area contributed by atoms with E-state index in [0.29, 0.717) is 12.4 Å². The fraction of sp³-hybridized carbons (Fsp3) is 0.562. The van der Waals surface area contributed by atoms with Crippen molar-refractivity contribution >= 4 is 17.2 Å². The number of rotatable bonds is 6. The largest absolute Gasteiger partial charge is 0.493 e. The van der Waals surface area contributed by atoms with E-state index in [1.807, 2.05) is 25.1 Å². The van der Waals surface area contributed by atoms with Gasteiger partial charge < -0.3 is 24.4 Å². The average molecular weight is 325 g/mol. The molecule has 0 bridgehead atoms. The van der Waals surface area contributed by atoms with Gasteiger partial charge in [0.2, 0.25) is 0 Å². The van der Waals surface area contributed by atoms with Crippen molar-refractivity contribution in [2.45, 2.75) is 6.92 Å². The van der Waals surface area contributed by atoms with E-state index >= 15 is 0 Å². The maximum Gasteiger partial charge on any atom is 0.161 e. The van der Waals surface area contributed by atoms with E-state index in [1.54, 1.807) is 7.11 Å². The Kier molecular flexibility index (Phi) is 6.42. The fourth-order valence-electron chi connectivity index (χ4n) is 2.69. The standard InChI is InChI=1S/C16H24N2O3S/c1-3-21-14-5-4-13(12-15(14)20-2)16(22)18-8-6-17(7-9-18)10-11-19/h4-5,12,19H,3,6-11H2,1-2H3/p+1. The molecule has 2 rings (SSSR count). The summed E-state index contributed by atoms with van der Waals surface area (Å²) in [6, 6.07) is 5.85. The van der Waals surface area contributed by atoms with Crippen LogP contribution in [0.5, 0.6) is 11.5 Å². The van der Waals surface area contributed by atoms with Gasteiger partial charge in [0.05, 0.1) is 46.5 Å². The average Bonchev–Trinajstić information content (AvgIpc) is 2.56. The summed E-state index contributed by atoms with van der Waals surface area (Å²) in [5, 5.41) is 9.01. The Balaban J connectivity index is 2.04. The summed E-state index contributed by atoms with van der Waals surface area (Å²) in [5.74, 6) is 1.46. The quantitative estimate of drug-likeness (QED) is 0.719. The molecule has 5 nitrogen and oxygen atoms in total. The highest BCUT2D eigenvalue weighted by Gasteiger charge is 2.22. The van der Waals surface area contributed by atoms with Crippen molar-refractivity contribution < 1.29 is 19.5 Å². The van der Waals surface area contributed by atoms with Gasteiger partial charge in [-0.3, -0.25) is 0 Å². The molecular formula is C16H25N2O3S+. The number of nitrogens with zero attached hydrogens (tertiary/aromatic N) is 1. The van der Waals surface area contributed by atoms with Crippen LogP contribution in [0.3, 0.4) is 0 Å². The molecule has 0 aliphatic carbocycles. The number of hydrogen-bond acceptors (Lipinski definition) is 4. The third kappa shape index (κ3) is 4.09. The van der Waals surface area contributed by atoms with Gasteiger partial charge in [-0.25, -0.2) is 0 Å². The molecule has 0 atom stereocenters. The maximum atomic E-state index is 9.01. The molecule has 1 saturated heterocycles. The van der Waals surface area contributed by atoms with Crippen LogP contribution in [0.25, 0.3) is 0 Å². The number of aliphatic hydroxyl groups is 1. The molecule has 0 spiro atoms. The second-order valence-corrected chi connectivity index (χ2v) is 5.70. The summed E-state index contributed by atoms with van der Waals surface area (Å²) < 4.78 is 10.9. The molecule has 0 aromatic heterocycles. The predicted octanol–water partition coefficient (Wildman–Crippen LogP) is -0.0378. The van der Waals surface area contributed by atoms with E-state index in [1.165, 1.54) is 4.90 Å². The van der Waals surface area contributed by atoms with Crippen LogP contribution in [-0.4, -0.2) is 68.0 Å². The summed E-state index contributed by atoms with van der Waals surface area (Å²) in [4.78, 5) is 4.51. The van der Waals surface area contributed by atoms with Crippen molar-refractivity contribution in [1.29, 1.82) is 0 Å².